The number of nitriles is 2. The fourth-order valence-corrected chi connectivity index (χ4v) is 3.46. The van der Waals surface area contributed by atoms with Gasteiger partial charge in [-0.05, 0) is 19.3 Å². The highest BCUT2D eigenvalue weighted by atomic mass is 32.1. The van der Waals surface area contributed by atoms with Crippen molar-refractivity contribution in [2.75, 3.05) is 18.0 Å². The van der Waals surface area contributed by atoms with Gasteiger partial charge in [0.25, 0.3) is 0 Å². The van der Waals surface area contributed by atoms with Crippen molar-refractivity contribution in [3.63, 3.8) is 0 Å². The van der Waals surface area contributed by atoms with E-state index in [1.165, 1.54) is 28.7 Å². The van der Waals surface area contributed by atoms with Crippen LogP contribution in [0.5, 0.6) is 0 Å². The highest BCUT2D eigenvalue weighted by molar-refractivity contribution is 7.17. The number of carbonyl (C=O) groups is 1. The van der Waals surface area contributed by atoms with Gasteiger partial charge in [0.2, 0.25) is 0 Å². The van der Waals surface area contributed by atoms with Crippen LogP contribution in [0.2, 0.25) is 0 Å². The summed E-state index contributed by atoms with van der Waals surface area (Å²) in [5.74, 6) is -0.135. The van der Waals surface area contributed by atoms with Crippen molar-refractivity contribution >= 4 is 22.3 Å². The molecule has 0 amide bonds. The van der Waals surface area contributed by atoms with Crippen LogP contribution in [-0.2, 0) is 6.54 Å². The van der Waals surface area contributed by atoms with Gasteiger partial charge in [-0.25, -0.2) is 9.97 Å². The third kappa shape index (κ3) is 3.08. The number of piperidine rings is 1. The molecule has 0 unspecified atom stereocenters. The second-order valence-corrected chi connectivity index (χ2v) is 6.28. The van der Waals surface area contributed by atoms with Gasteiger partial charge >= 0.3 is 0 Å². The Hall–Kier alpha value is -2.71. The van der Waals surface area contributed by atoms with Crippen LogP contribution in [0.3, 0.4) is 0 Å². The van der Waals surface area contributed by atoms with Gasteiger partial charge in [0.15, 0.2) is 22.3 Å². The number of thiazole rings is 1. The second-order valence-electron chi connectivity index (χ2n) is 5.27. The summed E-state index contributed by atoms with van der Waals surface area (Å²) < 4.78 is 1.40. The Labute approximate surface area is 137 Å². The lowest BCUT2D eigenvalue weighted by molar-refractivity contribution is 0.0975. The minimum Gasteiger partial charge on any atom is -0.348 e. The molecule has 0 bridgehead atoms. The molecule has 0 N–H and O–H groups in total. The first kappa shape index (κ1) is 15.2. The normalized spacial score (nSPS) is 14.3. The fraction of sp³-hybridized carbons (Fsp3) is 0.400. The molecule has 0 aliphatic carbocycles. The average molecular weight is 326 g/mol. The largest absolute Gasteiger partial charge is 0.348 e. The first-order chi connectivity index (χ1) is 11.2. The van der Waals surface area contributed by atoms with E-state index in [2.05, 4.69) is 14.9 Å². The molecule has 3 rings (SSSR count). The molecule has 2 aromatic heterocycles. The van der Waals surface area contributed by atoms with Crippen LogP contribution in [-0.4, -0.2) is 33.4 Å². The third-order valence-electron chi connectivity index (χ3n) is 3.76. The van der Waals surface area contributed by atoms with Gasteiger partial charge in [-0.15, -0.1) is 0 Å². The van der Waals surface area contributed by atoms with Crippen LogP contribution in [0.1, 0.15) is 40.3 Å². The Morgan fingerprint density at radius 3 is 2.70 bits per heavy atom. The van der Waals surface area contributed by atoms with E-state index in [0.29, 0.717) is 4.88 Å². The quantitative estimate of drug-likeness (QED) is 0.796. The molecule has 2 aromatic rings. The van der Waals surface area contributed by atoms with E-state index in [-0.39, 0.29) is 23.7 Å². The first-order valence-electron chi connectivity index (χ1n) is 7.32. The van der Waals surface area contributed by atoms with E-state index >= 15 is 0 Å². The maximum atomic E-state index is 12.4. The van der Waals surface area contributed by atoms with Crippen molar-refractivity contribution in [1.82, 2.24) is 14.5 Å². The molecule has 1 saturated heterocycles. The highest BCUT2D eigenvalue weighted by Crippen LogP contribution is 2.26. The lowest BCUT2D eigenvalue weighted by Crippen LogP contribution is -2.29. The van der Waals surface area contributed by atoms with Gasteiger partial charge in [0.1, 0.15) is 12.1 Å². The van der Waals surface area contributed by atoms with Gasteiger partial charge in [0, 0.05) is 13.1 Å². The van der Waals surface area contributed by atoms with Crippen molar-refractivity contribution in [2.24, 2.45) is 0 Å². The first-order valence-corrected chi connectivity index (χ1v) is 8.14. The molecule has 0 saturated carbocycles. The monoisotopic (exact) mass is 326 g/mol. The van der Waals surface area contributed by atoms with Gasteiger partial charge < -0.3 is 9.47 Å². The molecule has 8 heteroatoms. The van der Waals surface area contributed by atoms with E-state index in [9.17, 15) is 4.79 Å². The van der Waals surface area contributed by atoms with Gasteiger partial charge in [0.05, 0.1) is 23.9 Å². The Morgan fingerprint density at radius 2 is 2.00 bits per heavy atom. The lowest BCUT2D eigenvalue weighted by Gasteiger charge is -2.25. The fourth-order valence-electron chi connectivity index (χ4n) is 2.56. The summed E-state index contributed by atoms with van der Waals surface area (Å²) in [6, 6.07) is 3.76. The molecule has 7 nitrogen and oxygen atoms in total. The molecule has 0 atom stereocenters. The molecule has 0 spiro atoms. The van der Waals surface area contributed by atoms with Crippen molar-refractivity contribution < 1.29 is 4.79 Å². The standard InChI is InChI=1S/C15H14N6OS/c16-6-11-12(7-17)21(10-19-11)9-13(22)14-8-18-15(23-14)20-4-2-1-3-5-20/h8,10H,1-5,9H2. The average Bonchev–Trinajstić information content (AvgIpc) is 3.22. The zero-order valence-corrected chi connectivity index (χ0v) is 13.2. The number of aromatic nitrogens is 3. The van der Waals surface area contributed by atoms with E-state index in [1.54, 1.807) is 6.20 Å². The van der Waals surface area contributed by atoms with E-state index in [4.69, 9.17) is 10.5 Å². The topological polar surface area (TPSA) is 98.6 Å². The number of anilines is 1. The Morgan fingerprint density at radius 1 is 1.22 bits per heavy atom. The van der Waals surface area contributed by atoms with Crippen LogP contribution < -0.4 is 4.90 Å². The lowest BCUT2D eigenvalue weighted by atomic mass is 10.1. The third-order valence-corrected chi connectivity index (χ3v) is 4.86. The van der Waals surface area contributed by atoms with E-state index in [1.807, 2.05) is 12.1 Å². The maximum Gasteiger partial charge on any atom is 0.194 e. The van der Waals surface area contributed by atoms with Crippen molar-refractivity contribution in [1.29, 1.82) is 10.5 Å². The van der Waals surface area contributed by atoms with Crippen LogP contribution in [0.4, 0.5) is 5.13 Å². The zero-order valence-electron chi connectivity index (χ0n) is 12.4. The Kier molecular flexibility index (Phi) is 4.35. The summed E-state index contributed by atoms with van der Waals surface area (Å²) in [6.07, 6.45) is 6.49. The molecule has 1 fully saturated rings. The van der Waals surface area contributed by atoms with E-state index < -0.39 is 0 Å². The van der Waals surface area contributed by atoms with E-state index in [0.717, 1.165) is 31.1 Å². The second kappa shape index (κ2) is 6.59. The summed E-state index contributed by atoms with van der Waals surface area (Å²) in [5, 5.41) is 18.8. The maximum absolute atomic E-state index is 12.4. The van der Waals surface area contributed by atoms with Gasteiger partial charge in [-0.1, -0.05) is 11.3 Å². The van der Waals surface area contributed by atoms with Gasteiger partial charge in [-0.3, -0.25) is 4.79 Å². The SMILES string of the molecule is N#Cc1ncn(CC(=O)c2cnc(N3CCCCC3)s2)c1C#N. The predicted octanol–water partition coefficient (Wildman–Crippen LogP) is 1.96. The number of hydrogen-bond acceptors (Lipinski definition) is 7. The number of ketones is 1. The highest BCUT2D eigenvalue weighted by Gasteiger charge is 2.19. The number of Topliss-reactive ketones (excluding diaryl/α,β-unsaturated/α-hetero) is 1. The molecule has 116 valence electrons. The van der Waals surface area contributed by atoms with Crippen LogP contribution in [0.15, 0.2) is 12.5 Å². The Balaban J connectivity index is 1.74. The minimum absolute atomic E-state index is 0.0147. The van der Waals surface area contributed by atoms with Crippen LogP contribution in [0, 0.1) is 22.7 Å². The predicted molar refractivity (Wildman–Crippen MR) is 84.2 cm³/mol. The van der Waals surface area contributed by atoms with Crippen molar-refractivity contribution in [3.8, 4) is 12.1 Å². The smallest absolute Gasteiger partial charge is 0.194 e. The summed E-state index contributed by atoms with van der Waals surface area (Å²) >= 11 is 1.38. The molecule has 23 heavy (non-hydrogen) atoms. The summed E-state index contributed by atoms with van der Waals surface area (Å²) in [4.78, 5) is 23.3. The Bertz CT molecular complexity index is 803. The zero-order chi connectivity index (χ0) is 16.2. The summed E-state index contributed by atoms with van der Waals surface area (Å²) in [5.41, 5.74) is 0.153. The molecule has 3 heterocycles. The molecule has 1 aliphatic heterocycles. The summed E-state index contributed by atoms with van der Waals surface area (Å²) in [7, 11) is 0. The minimum atomic E-state index is -0.135. The number of carbonyl (C=O) groups excluding carboxylic acids is 1. The number of rotatable bonds is 4. The summed E-state index contributed by atoms with van der Waals surface area (Å²) in [6.45, 7) is 1.94. The number of nitrogens with zero attached hydrogens (tertiary/aromatic N) is 6. The number of hydrogen-bond donors (Lipinski definition) is 0. The molecule has 1 aliphatic rings. The number of imidazole rings is 1. The van der Waals surface area contributed by atoms with Crippen LogP contribution >= 0.6 is 11.3 Å². The molecular formula is C15H14N6OS. The van der Waals surface area contributed by atoms with Crippen molar-refractivity contribution in [2.45, 2.75) is 25.8 Å². The van der Waals surface area contributed by atoms with Crippen LogP contribution in [0.25, 0.3) is 0 Å². The molecular weight excluding hydrogens is 312 g/mol. The molecule has 0 aromatic carbocycles. The van der Waals surface area contributed by atoms with Crippen molar-refractivity contribution in [3.05, 3.63) is 28.8 Å². The molecule has 0 radical (unpaired) electrons. The van der Waals surface area contributed by atoms with Gasteiger partial charge in [-0.2, -0.15) is 10.5 Å².